The molecule has 0 bridgehead atoms. The number of anilines is 1. The first-order valence-electron chi connectivity index (χ1n) is 5.84. The maximum absolute atomic E-state index is 11.5. The SMILES string of the molecule is CC1CS(=O)(=O)CCN1c1ccc(/C(N)=N/O)nc1. The molecule has 1 aromatic heterocycles. The van der Waals surface area contributed by atoms with Crippen LogP contribution in [0.2, 0.25) is 0 Å². The number of pyridine rings is 1. The Balaban J connectivity index is 2.19. The monoisotopic (exact) mass is 284 g/mol. The predicted octanol–water partition coefficient (Wildman–Crippen LogP) is -0.201. The van der Waals surface area contributed by atoms with Crippen molar-refractivity contribution in [2.24, 2.45) is 10.9 Å². The summed E-state index contributed by atoms with van der Waals surface area (Å²) in [7, 11) is -2.93. The fourth-order valence-corrected chi connectivity index (χ4v) is 3.70. The van der Waals surface area contributed by atoms with E-state index in [2.05, 4.69) is 10.1 Å². The number of oxime groups is 1. The van der Waals surface area contributed by atoms with Gasteiger partial charge in [0.05, 0.1) is 23.4 Å². The van der Waals surface area contributed by atoms with Crippen LogP contribution in [-0.4, -0.2) is 48.5 Å². The van der Waals surface area contributed by atoms with Gasteiger partial charge in [0.1, 0.15) is 5.69 Å². The molecule has 0 amide bonds. The lowest BCUT2D eigenvalue weighted by molar-refractivity contribution is 0.318. The minimum Gasteiger partial charge on any atom is -0.409 e. The van der Waals surface area contributed by atoms with Gasteiger partial charge >= 0.3 is 0 Å². The summed E-state index contributed by atoms with van der Waals surface area (Å²) in [4.78, 5) is 6.08. The molecule has 2 heterocycles. The van der Waals surface area contributed by atoms with Gasteiger partial charge in [-0.15, -0.1) is 0 Å². The second-order valence-electron chi connectivity index (χ2n) is 4.54. The molecule has 1 saturated heterocycles. The van der Waals surface area contributed by atoms with E-state index in [1.807, 2.05) is 11.8 Å². The molecule has 1 aliphatic rings. The third-order valence-corrected chi connectivity index (χ3v) is 4.91. The highest BCUT2D eigenvalue weighted by molar-refractivity contribution is 7.91. The molecular weight excluding hydrogens is 268 g/mol. The second kappa shape index (κ2) is 5.04. The molecule has 1 fully saturated rings. The van der Waals surface area contributed by atoms with Crippen molar-refractivity contribution in [1.29, 1.82) is 0 Å². The smallest absolute Gasteiger partial charge is 0.188 e. The molecule has 19 heavy (non-hydrogen) atoms. The van der Waals surface area contributed by atoms with E-state index in [0.717, 1.165) is 5.69 Å². The van der Waals surface area contributed by atoms with Crippen LogP contribution in [0.5, 0.6) is 0 Å². The molecule has 0 aliphatic carbocycles. The zero-order chi connectivity index (χ0) is 14.0. The van der Waals surface area contributed by atoms with Gasteiger partial charge < -0.3 is 15.8 Å². The zero-order valence-electron chi connectivity index (χ0n) is 10.5. The molecule has 104 valence electrons. The van der Waals surface area contributed by atoms with Gasteiger partial charge in [0, 0.05) is 12.6 Å². The summed E-state index contributed by atoms with van der Waals surface area (Å²) in [6.45, 7) is 2.32. The third kappa shape index (κ3) is 2.95. The van der Waals surface area contributed by atoms with E-state index in [1.54, 1.807) is 18.3 Å². The number of hydrogen-bond donors (Lipinski definition) is 2. The molecular formula is C11H16N4O3S. The lowest BCUT2D eigenvalue weighted by atomic mass is 10.2. The van der Waals surface area contributed by atoms with Crippen LogP contribution < -0.4 is 10.6 Å². The highest BCUT2D eigenvalue weighted by Crippen LogP contribution is 2.20. The van der Waals surface area contributed by atoms with Crippen LogP contribution in [0.1, 0.15) is 12.6 Å². The number of rotatable bonds is 2. The number of sulfone groups is 1. The van der Waals surface area contributed by atoms with Crippen LogP contribution >= 0.6 is 0 Å². The summed E-state index contributed by atoms with van der Waals surface area (Å²) < 4.78 is 23.0. The Kier molecular flexibility index (Phi) is 3.61. The topological polar surface area (TPSA) is 109 Å². The van der Waals surface area contributed by atoms with E-state index < -0.39 is 9.84 Å². The maximum Gasteiger partial charge on any atom is 0.188 e. The van der Waals surface area contributed by atoms with Crippen molar-refractivity contribution in [2.75, 3.05) is 23.0 Å². The van der Waals surface area contributed by atoms with E-state index in [9.17, 15) is 8.42 Å². The van der Waals surface area contributed by atoms with Crippen molar-refractivity contribution in [1.82, 2.24) is 4.98 Å². The maximum atomic E-state index is 11.5. The summed E-state index contributed by atoms with van der Waals surface area (Å²) in [5.41, 5.74) is 6.64. The molecule has 2 rings (SSSR count). The molecule has 0 spiro atoms. The van der Waals surface area contributed by atoms with E-state index in [0.29, 0.717) is 12.2 Å². The molecule has 0 saturated carbocycles. The van der Waals surface area contributed by atoms with Crippen molar-refractivity contribution < 1.29 is 13.6 Å². The minimum atomic E-state index is -2.93. The van der Waals surface area contributed by atoms with Crippen LogP contribution in [-0.2, 0) is 9.84 Å². The van der Waals surface area contributed by atoms with E-state index in [1.165, 1.54) is 0 Å². The van der Waals surface area contributed by atoms with Gasteiger partial charge in [0.25, 0.3) is 0 Å². The standard InChI is InChI=1S/C11H16N4O3S/c1-8-7-19(17,18)5-4-15(8)9-2-3-10(13-6-9)11(12)14-16/h2-3,6,8,16H,4-5,7H2,1H3,(H2,12,14). The Bertz CT molecular complexity index is 582. The van der Waals surface area contributed by atoms with Gasteiger partial charge in [-0.3, -0.25) is 4.98 Å². The van der Waals surface area contributed by atoms with Crippen LogP contribution in [0.15, 0.2) is 23.5 Å². The fourth-order valence-electron chi connectivity index (χ4n) is 2.14. The first-order valence-corrected chi connectivity index (χ1v) is 7.66. The van der Waals surface area contributed by atoms with Crippen molar-refractivity contribution >= 4 is 21.4 Å². The number of nitrogens with zero attached hydrogens (tertiary/aromatic N) is 3. The average molecular weight is 284 g/mol. The second-order valence-corrected chi connectivity index (χ2v) is 6.77. The van der Waals surface area contributed by atoms with Gasteiger partial charge in [-0.2, -0.15) is 0 Å². The molecule has 3 N–H and O–H groups in total. The first kappa shape index (κ1) is 13.6. The Morgan fingerprint density at radius 2 is 2.32 bits per heavy atom. The number of nitrogens with two attached hydrogens (primary N) is 1. The summed E-state index contributed by atoms with van der Waals surface area (Å²) >= 11 is 0. The van der Waals surface area contributed by atoms with E-state index in [-0.39, 0.29) is 23.4 Å². The van der Waals surface area contributed by atoms with Crippen LogP contribution in [0.25, 0.3) is 0 Å². The molecule has 1 unspecified atom stereocenters. The Morgan fingerprint density at radius 3 is 2.84 bits per heavy atom. The van der Waals surface area contributed by atoms with E-state index >= 15 is 0 Å². The summed E-state index contributed by atoms with van der Waals surface area (Å²) in [5.74, 6) is 0.245. The highest BCUT2D eigenvalue weighted by Gasteiger charge is 2.28. The molecule has 1 aromatic rings. The van der Waals surface area contributed by atoms with Crippen LogP contribution in [0.4, 0.5) is 5.69 Å². The summed E-state index contributed by atoms with van der Waals surface area (Å²) in [6.07, 6.45) is 1.60. The van der Waals surface area contributed by atoms with Gasteiger partial charge in [-0.25, -0.2) is 8.42 Å². The van der Waals surface area contributed by atoms with Crippen molar-refractivity contribution in [3.63, 3.8) is 0 Å². The predicted molar refractivity (Wildman–Crippen MR) is 72.2 cm³/mol. The van der Waals surface area contributed by atoms with Crippen LogP contribution in [0.3, 0.4) is 0 Å². The molecule has 0 aromatic carbocycles. The minimum absolute atomic E-state index is 0.0548. The van der Waals surface area contributed by atoms with Crippen molar-refractivity contribution in [3.8, 4) is 0 Å². The Labute approximate surface area is 111 Å². The molecule has 1 atom stereocenters. The lowest BCUT2D eigenvalue weighted by Gasteiger charge is -2.34. The van der Waals surface area contributed by atoms with Crippen molar-refractivity contribution in [2.45, 2.75) is 13.0 Å². The summed E-state index contributed by atoms with van der Waals surface area (Å²) in [6, 6.07) is 3.34. The first-order chi connectivity index (χ1) is 8.93. The Hall–Kier alpha value is -1.83. The van der Waals surface area contributed by atoms with Crippen molar-refractivity contribution in [3.05, 3.63) is 24.0 Å². The third-order valence-electron chi connectivity index (χ3n) is 3.12. The quantitative estimate of drug-likeness (QED) is 0.337. The molecule has 0 radical (unpaired) electrons. The van der Waals surface area contributed by atoms with Gasteiger partial charge in [-0.05, 0) is 19.1 Å². The fraction of sp³-hybridized carbons (Fsp3) is 0.455. The van der Waals surface area contributed by atoms with Gasteiger partial charge in [-0.1, -0.05) is 5.16 Å². The number of hydrogen-bond acceptors (Lipinski definition) is 6. The lowest BCUT2D eigenvalue weighted by Crippen LogP contribution is -2.47. The Morgan fingerprint density at radius 1 is 1.58 bits per heavy atom. The largest absolute Gasteiger partial charge is 0.409 e. The summed E-state index contributed by atoms with van der Waals surface area (Å²) in [5, 5.41) is 11.4. The van der Waals surface area contributed by atoms with E-state index in [4.69, 9.17) is 10.9 Å². The normalized spacial score (nSPS) is 23.3. The van der Waals surface area contributed by atoms with Gasteiger partial charge in [0.2, 0.25) is 0 Å². The van der Waals surface area contributed by atoms with Gasteiger partial charge in [0.15, 0.2) is 15.7 Å². The molecule has 1 aliphatic heterocycles. The number of aromatic nitrogens is 1. The number of amidine groups is 1. The molecule has 8 heteroatoms. The molecule has 7 nitrogen and oxygen atoms in total. The average Bonchev–Trinajstić information content (AvgIpc) is 2.37. The highest BCUT2D eigenvalue weighted by atomic mass is 32.2. The van der Waals surface area contributed by atoms with Crippen LogP contribution in [0, 0.1) is 0 Å². The zero-order valence-corrected chi connectivity index (χ0v) is 11.3.